The summed E-state index contributed by atoms with van der Waals surface area (Å²) in [5, 5.41) is 0.204. The molecule has 19 heavy (non-hydrogen) atoms. The second-order valence-electron chi connectivity index (χ2n) is 4.75. The molecule has 0 saturated carbocycles. The zero-order chi connectivity index (χ0) is 14.0. The highest BCUT2D eigenvalue weighted by Gasteiger charge is 2.34. The third-order valence-corrected chi connectivity index (χ3v) is 5.74. The zero-order valence-corrected chi connectivity index (χ0v) is 12.2. The van der Waals surface area contributed by atoms with Gasteiger partial charge in [-0.1, -0.05) is 24.1 Å². The lowest BCUT2D eigenvalue weighted by atomic mass is 10.1. The van der Waals surface area contributed by atoms with Crippen LogP contribution in [-0.4, -0.2) is 31.6 Å². The molecule has 0 amide bonds. The molecule has 6 heteroatoms. The number of carbonyl (C=O) groups is 1. The van der Waals surface area contributed by atoms with Gasteiger partial charge in [0.15, 0.2) is 0 Å². The fourth-order valence-electron chi connectivity index (χ4n) is 2.31. The van der Waals surface area contributed by atoms with Crippen LogP contribution < -0.4 is 0 Å². The molecule has 1 saturated heterocycles. The number of carbonyl (C=O) groups excluding carboxylic acids is 1. The quantitative estimate of drug-likeness (QED) is 0.806. The van der Waals surface area contributed by atoms with Gasteiger partial charge in [0.2, 0.25) is 10.0 Å². The summed E-state index contributed by atoms with van der Waals surface area (Å²) in [7, 11) is -3.70. The van der Waals surface area contributed by atoms with Crippen molar-refractivity contribution in [2.75, 3.05) is 6.54 Å². The molecule has 1 heterocycles. The van der Waals surface area contributed by atoms with Crippen LogP contribution in [-0.2, 0) is 14.8 Å². The second-order valence-corrected chi connectivity index (χ2v) is 7.02. The van der Waals surface area contributed by atoms with Gasteiger partial charge >= 0.3 is 0 Å². The van der Waals surface area contributed by atoms with Crippen molar-refractivity contribution >= 4 is 27.9 Å². The third-order valence-electron chi connectivity index (χ3n) is 3.33. The first-order valence-electron chi connectivity index (χ1n) is 6.20. The fraction of sp³-hybridized carbons (Fsp3) is 0.462. The van der Waals surface area contributed by atoms with E-state index in [2.05, 4.69) is 0 Å². The molecule has 1 atom stereocenters. The lowest BCUT2D eigenvalue weighted by molar-refractivity contribution is -0.111. The summed E-state index contributed by atoms with van der Waals surface area (Å²) >= 11 is 6.03. The zero-order valence-electron chi connectivity index (χ0n) is 10.7. The fourth-order valence-corrected chi connectivity index (χ4v) is 4.51. The highest BCUT2D eigenvalue weighted by molar-refractivity contribution is 7.89. The van der Waals surface area contributed by atoms with E-state index in [-0.39, 0.29) is 9.92 Å². The molecule has 1 aliphatic heterocycles. The van der Waals surface area contributed by atoms with E-state index >= 15 is 0 Å². The molecule has 1 aliphatic rings. The maximum Gasteiger partial charge on any atom is 0.245 e. The maximum absolute atomic E-state index is 12.6. The molecule has 0 bridgehead atoms. The van der Waals surface area contributed by atoms with Crippen LogP contribution in [0.5, 0.6) is 0 Å². The monoisotopic (exact) mass is 301 g/mol. The predicted octanol–water partition coefficient (Wildman–Crippen LogP) is 2.39. The minimum atomic E-state index is -3.70. The largest absolute Gasteiger partial charge is 0.302 e. The van der Waals surface area contributed by atoms with E-state index in [1.54, 1.807) is 12.1 Å². The SMILES string of the molecule is Cc1ccc(S(=O)(=O)N2CCCCC2C=O)c(Cl)c1. The van der Waals surface area contributed by atoms with Crippen molar-refractivity contribution in [2.24, 2.45) is 0 Å². The van der Waals surface area contributed by atoms with Gasteiger partial charge in [-0.15, -0.1) is 0 Å². The molecule has 0 aromatic heterocycles. The Hall–Kier alpha value is -0.910. The van der Waals surface area contributed by atoms with Gasteiger partial charge in [0.25, 0.3) is 0 Å². The van der Waals surface area contributed by atoms with Gasteiger partial charge in [-0.3, -0.25) is 0 Å². The number of halogens is 1. The number of benzene rings is 1. The van der Waals surface area contributed by atoms with Crippen molar-refractivity contribution in [3.8, 4) is 0 Å². The van der Waals surface area contributed by atoms with E-state index in [0.717, 1.165) is 18.4 Å². The summed E-state index contributed by atoms with van der Waals surface area (Å²) in [6.45, 7) is 2.22. The van der Waals surface area contributed by atoms with Crippen LogP contribution >= 0.6 is 11.6 Å². The molecule has 1 aromatic rings. The van der Waals surface area contributed by atoms with E-state index in [4.69, 9.17) is 11.6 Å². The van der Waals surface area contributed by atoms with Crippen molar-refractivity contribution in [2.45, 2.75) is 37.1 Å². The number of hydrogen-bond acceptors (Lipinski definition) is 3. The standard InChI is InChI=1S/C13H16ClNO3S/c1-10-5-6-13(12(14)8-10)19(17,18)15-7-3-2-4-11(15)9-16/h5-6,8-9,11H,2-4,7H2,1H3. The van der Waals surface area contributed by atoms with Crippen molar-refractivity contribution in [3.63, 3.8) is 0 Å². The summed E-state index contributed by atoms with van der Waals surface area (Å²) < 4.78 is 26.4. The second kappa shape index (κ2) is 5.61. The minimum Gasteiger partial charge on any atom is -0.302 e. The molecular formula is C13H16ClNO3S. The topological polar surface area (TPSA) is 54.5 Å². The van der Waals surface area contributed by atoms with E-state index in [0.29, 0.717) is 19.3 Å². The molecule has 1 aromatic carbocycles. The highest BCUT2D eigenvalue weighted by atomic mass is 35.5. The number of sulfonamides is 1. The van der Waals surface area contributed by atoms with E-state index < -0.39 is 16.1 Å². The van der Waals surface area contributed by atoms with Crippen LogP contribution in [0.15, 0.2) is 23.1 Å². The number of aryl methyl sites for hydroxylation is 1. The van der Waals surface area contributed by atoms with Crippen LogP contribution in [0, 0.1) is 6.92 Å². The Labute approximate surface area is 118 Å². The van der Waals surface area contributed by atoms with Gasteiger partial charge in [-0.05, 0) is 37.5 Å². The van der Waals surface area contributed by atoms with Gasteiger partial charge in [0.05, 0.1) is 11.1 Å². The molecular weight excluding hydrogens is 286 g/mol. The average Bonchev–Trinajstić information content (AvgIpc) is 2.38. The van der Waals surface area contributed by atoms with E-state index in [9.17, 15) is 13.2 Å². The summed E-state index contributed by atoms with van der Waals surface area (Å²) in [5.41, 5.74) is 0.898. The molecule has 2 rings (SSSR count). The first kappa shape index (κ1) is 14.5. The molecule has 104 valence electrons. The lowest BCUT2D eigenvalue weighted by Gasteiger charge is -2.31. The van der Waals surface area contributed by atoms with Gasteiger partial charge in [-0.25, -0.2) is 8.42 Å². The Bertz CT molecular complexity index is 586. The van der Waals surface area contributed by atoms with E-state index in [1.165, 1.54) is 10.4 Å². The summed E-state index contributed by atoms with van der Waals surface area (Å²) in [4.78, 5) is 11.1. The predicted molar refractivity (Wildman–Crippen MR) is 73.8 cm³/mol. The van der Waals surface area contributed by atoms with Crippen molar-refractivity contribution < 1.29 is 13.2 Å². The molecule has 1 fully saturated rings. The van der Waals surface area contributed by atoms with Gasteiger partial charge < -0.3 is 4.79 Å². The number of piperidine rings is 1. The number of aldehydes is 1. The Morgan fingerprint density at radius 2 is 2.11 bits per heavy atom. The normalized spacial score (nSPS) is 21.3. The van der Waals surface area contributed by atoms with Gasteiger partial charge in [0, 0.05) is 6.54 Å². The smallest absolute Gasteiger partial charge is 0.245 e. The Morgan fingerprint density at radius 3 is 2.74 bits per heavy atom. The number of rotatable bonds is 3. The molecule has 4 nitrogen and oxygen atoms in total. The maximum atomic E-state index is 12.6. The number of hydrogen-bond donors (Lipinski definition) is 0. The Morgan fingerprint density at radius 1 is 1.37 bits per heavy atom. The summed E-state index contributed by atoms with van der Waals surface area (Å²) in [6.07, 6.45) is 2.93. The van der Waals surface area contributed by atoms with Crippen molar-refractivity contribution in [1.29, 1.82) is 0 Å². The first-order chi connectivity index (χ1) is 8.96. The van der Waals surface area contributed by atoms with Gasteiger partial charge in [-0.2, -0.15) is 4.31 Å². The van der Waals surface area contributed by atoms with Crippen LogP contribution in [0.3, 0.4) is 0 Å². The Kier molecular flexibility index (Phi) is 4.28. The summed E-state index contributed by atoms with van der Waals surface area (Å²) in [5.74, 6) is 0. The first-order valence-corrected chi connectivity index (χ1v) is 8.02. The molecule has 1 unspecified atom stereocenters. The van der Waals surface area contributed by atoms with Crippen LogP contribution in [0.1, 0.15) is 24.8 Å². The Balaban J connectivity index is 2.43. The van der Waals surface area contributed by atoms with Crippen LogP contribution in [0.4, 0.5) is 0 Å². The van der Waals surface area contributed by atoms with Crippen molar-refractivity contribution in [1.82, 2.24) is 4.31 Å². The molecule has 0 N–H and O–H groups in total. The average molecular weight is 302 g/mol. The van der Waals surface area contributed by atoms with Crippen molar-refractivity contribution in [3.05, 3.63) is 28.8 Å². The van der Waals surface area contributed by atoms with Crippen LogP contribution in [0.2, 0.25) is 5.02 Å². The highest BCUT2D eigenvalue weighted by Crippen LogP contribution is 2.29. The summed E-state index contributed by atoms with van der Waals surface area (Å²) in [6, 6.07) is 4.26. The minimum absolute atomic E-state index is 0.0773. The third kappa shape index (κ3) is 2.83. The molecule has 0 radical (unpaired) electrons. The molecule has 0 spiro atoms. The van der Waals surface area contributed by atoms with E-state index in [1.807, 2.05) is 6.92 Å². The molecule has 0 aliphatic carbocycles. The van der Waals surface area contributed by atoms with Gasteiger partial charge in [0.1, 0.15) is 11.2 Å². The van der Waals surface area contributed by atoms with Crippen LogP contribution in [0.25, 0.3) is 0 Å². The lowest BCUT2D eigenvalue weighted by Crippen LogP contribution is -2.44. The number of nitrogens with zero attached hydrogens (tertiary/aromatic N) is 1.